The molecule has 2 saturated heterocycles. The number of methoxy groups -OCH3 is 1. The number of hydrogen-bond acceptors (Lipinski definition) is 6. The number of nitrogens with one attached hydrogen (secondary N) is 2. The van der Waals surface area contributed by atoms with Gasteiger partial charge in [0.2, 0.25) is 0 Å². The molecule has 2 atom stereocenters. The van der Waals surface area contributed by atoms with Crippen LogP contribution in [0.15, 0.2) is 36.5 Å². The Morgan fingerprint density at radius 1 is 1.28 bits per heavy atom. The van der Waals surface area contributed by atoms with Crippen molar-refractivity contribution in [2.24, 2.45) is 11.8 Å². The van der Waals surface area contributed by atoms with Gasteiger partial charge in [-0.3, -0.25) is 9.78 Å². The number of piperidine rings is 1. The molecule has 0 spiro atoms. The number of halogens is 1. The molecule has 2 fully saturated rings. The SMILES string of the molecule is CO[C@H]1CNC[C@@H](C(=O)Cc2cc(-c3cccc(NCC4CCOCC4)c3)c(Cl)cn2)C1. The van der Waals surface area contributed by atoms with Crippen LogP contribution in [0.4, 0.5) is 5.69 Å². The van der Waals surface area contributed by atoms with Crippen LogP contribution in [0.25, 0.3) is 11.1 Å². The van der Waals surface area contributed by atoms with Crippen molar-refractivity contribution in [3.63, 3.8) is 0 Å². The number of anilines is 1. The quantitative estimate of drug-likeness (QED) is 0.624. The lowest BCUT2D eigenvalue weighted by Crippen LogP contribution is -2.43. The van der Waals surface area contributed by atoms with Gasteiger partial charge in [0.25, 0.3) is 0 Å². The molecule has 3 heterocycles. The van der Waals surface area contributed by atoms with E-state index < -0.39 is 0 Å². The van der Waals surface area contributed by atoms with Crippen LogP contribution in [0.5, 0.6) is 0 Å². The number of aromatic nitrogens is 1. The highest BCUT2D eigenvalue weighted by molar-refractivity contribution is 6.33. The smallest absolute Gasteiger partial charge is 0.143 e. The maximum absolute atomic E-state index is 12.9. The monoisotopic (exact) mass is 457 g/mol. The molecule has 172 valence electrons. The van der Waals surface area contributed by atoms with Crippen molar-refractivity contribution in [1.29, 1.82) is 0 Å². The number of nitrogens with zero attached hydrogens (tertiary/aromatic N) is 1. The van der Waals surface area contributed by atoms with Gasteiger partial charge >= 0.3 is 0 Å². The van der Waals surface area contributed by atoms with Gasteiger partial charge in [0, 0.05) is 75.4 Å². The highest BCUT2D eigenvalue weighted by Crippen LogP contribution is 2.30. The van der Waals surface area contributed by atoms with Gasteiger partial charge in [-0.05, 0) is 48.9 Å². The van der Waals surface area contributed by atoms with E-state index in [9.17, 15) is 4.79 Å². The zero-order chi connectivity index (χ0) is 22.3. The second-order valence-corrected chi connectivity index (χ2v) is 9.17. The first-order valence-electron chi connectivity index (χ1n) is 11.4. The molecule has 2 N–H and O–H groups in total. The summed E-state index contributed by atoms with van der Waals surface area (Å²) >= 11 is 6.50. The highest BCUT2D eigenvalue weighted by Gasteiger charge is 2.27. The molecule has 1 aromatic heterocycles. The Kier molecular flexibility index (Phi) is 8.14. The van der Waals surface area contributed by atoms with Crippen molar-refractivity contribution >= 4 is 23.1 Å². The van der Waals surface area contributed by atoms with E-state index in [1.807, 2.05) is 18.2 Å². The molecule has 0 unspecified atom stereocenters. The van der Waals surface area contributed by atoms with Crippen LogP contribution in [0.3, 0.4) is 0 Å². The average Bonchev–Trinajstić information content (AvgIpc) is 2.84. The van der Waals surface area contributed by atoms with E-state index >= 15 is 0 Å². The molecule has 2 aromatic rings. The Hall–Kier alpha value is -1.99. The summed E-state index contributed by atoms with van der Waals surface area (Å²) in [5, 5.41) is 7.43. The van der Waals surface area contributed by atoms with E-state index in [4.69, 9.17) is 21.1 Å². The van der Waals surface area contributed by atoms with Crippen LogP contribution < -0.4 is 10.6 Å². The van der Waals surface area contributed by atoms with Gasteiger partial charge in [-0.1, -0.05) is 23.7 Å². The van der Waals surface area contributed by atoms with E-state index in [0.717, 1.165) is 68.1 Å². The molecule has 32 heavy (non-hydrogen) atoms. The molecule has 4 rings (SSSR count). The van der Waals surface area contributed by atoms with Crippen molar-refractivity contribution in [2.75, 3.05) is 45.3 Å². The predicted molar refractivity (Wildman–Crippen MR) is 127 cm³/mol. The molecular formula is C25H32ClN3O3. The number of hydrogen-bond donors (Lipinski definition) is 2. The van der Waals surface area contributed by atoms with Crippen LogP contribution in [-0.4, -0.2) is 56.8 Å². The van der Waals surface area contributed by atoms with Gasteiger partial charge in [0.1, 0.15) is 5.78 Å². The number of rotatable bonds is 8. The molecule has 1 aromatic carbocycles. The molecular weight excluding hydrogens is 426 g/mol. The van der Waals surface area contributed by atoms with Crippen molar-refractivity contribution in [2.45, 2.75) is 31.8 Å². The summed E-state index contributed by atoms with van der Waals surface area (Å²) in [4.78, 5) is 17.3. The number of pyridine rings is 1. The van der Waals surface area contributed by atoms with Gasteiger partial charge in [-0.15, -0.1) is 0 Å². The van der Waals surface area contributed by atoms with Gasteiger partial charge in [0.05, 0.1) is 11.1 Å². The van der Waals surface area contributed by atoms with Crippen molar-refractivity contribution < 1.29 is 14.3 Å². The molecule has 2 aliphatic heterocycles. The van der Waals surface area contributed by atoms with Crippen LogP contribution in [0.1, 0.15) is 25.0 Å². The van der Waals surface area contributed by atoms with E-state index in [1.165, 1.54) is 0 Å². The third-order valence-corrected chi connectivity index (χ3v) is 6.78. The number of carbonyl (C=O) groups excluding carboxylic acids is 1. The average molecular weight is 458 g/mol. The standard InChI is InChI=1S/C25H32ClN3O3/c1-31-22-10-19(14-27-15-22)25(30)12-21-11-23(24(26)16-29-21)18-3-2-4-20(9-18)28-13-17-5-7-32-8-6-17/h2-4,9,11,16-17,19,22,27-28H,5-8,10,12-15H2,1H3/t19-,22+/m0/s1. The Bertz CT molecular complexity index is 917. The largest absolute Gasteiger partial charge is 0.385 e. The first kappa shape index (κ1) is 23.2. The Morgan fingerprint density at radius 2 is 2.12 bits per heavy atom. The van der Waals surface area contributed by atoms with Crippen molar-refractivity contribution in [3.8, 4) is 11.1 Å². The zero-order valence-electron chi connectivity index (χ0n) is 18.6. The molecule has 6 nitrogen and oxygen atoms in total. The summed E-state index contributed by atoms with van der Waals surface area (Å²) in [6.45, 7) is 4.13. The summed E-state index contributed by atoms with van der Waals surface area (Å²) in [7, 11) is 1.69. The lowest BCUT2D eigenvalue weighted by molar-refractivity contribution is -0.124. The van der Waals surface area contributed by atoms with E-state index in [2.05, 4.69) is 27.8 Å². The van der Waals surface area contributed by atoms with Gasteiger partial charge < -0.3 is 20.1 Å². The normalized spacial score (nSPS) is 21.9. The van der Waals surface area contributed by atoms with Crippen LogP contribution >= 0.6 is 11.6 Å². The molecule has 7 heteroatoms. The van der Waals surface area contributed by atoms with E-state index in [0.29, 0.717) is 23.9 Å². The van der Waals surface area contributed by atoms with Gasteiger partial charge in [-0.2, -0.15) is 0 Å². The lowest BCUT2D eigenvalue weighted by atomic mass is 9.90. The number of ketones is 1. The number of ether oxygens (including phenoxy) is 2. The second kappa shape index (κ2) is 11.2. The fraction of sp³-hybridized carbons (Fsp3) is 0.520. The fourth-order valence-electron chi connectivity index (χ4n) is 4.46. The Balaban J connectivity index is 1.43. The summed E-state index contributed by atoms with van der Waals surface area (Å²) in [5.74, 6) is 0.778. The Labute approximate surface area is 195 Å². The maximum Gasteiger partial charge on any atom is 0.143 e. The number of Topliss-reactive ketones (excluding diaryl/α,β-unsaturated/α-hetero) is 1. The predicted octanol–water partition coefficient (Wildman–Crippen LogP) is 3.98. The minimum atomic E-state index is -0.0488. The van der Waals surface area contributed by atoms with Crippen LogP contribution in [-0.2, 0) is 20.7 Å². The molecule has 0 radical (unpaired) electrons. The zero-order valence-corrected chi connectivity index (χ0v) is 19.4. The van der Waals surface area contributed by atoms with Crippen molar-refractivity contribution in [1.82, 2.24) is 10.3 Å². The summed E-state index contributed by atoms with van der Waals surface area (Å²) < 4.78 is 10.9. The van der Waals surface area contributed by atoms with Crippen LogP contribution in [0, 0.1) is 11.8 Å². The topological polar surface area (TPSA) is 72.5 Å². The summed E-state index contributed by atoms with van der Waals surface area (Å²) in [6.07, 6.45) is 4.99. The summed E-state index contributed by atoms with van der Waals surface area (Å²) in [5.41, 5.74) is 3.73. The maximum atomic E-state index is 12.9. The van der Waals surface area contributed by atoms with Crippen LogP contribution in [0.2, 0.25) is 5.02 Å². The highest BCUT2D eigenvalue weighted by atomic mass is 35.5. The first-order chi connectivity index (χ1) is 15.6. The fourth-order valence-corrected chi connectivity index (χ4v) is 4.67. The summed E-state index contributed by atoms with van der Waals surface area (Å²) in [6, 6.07) is 10.2. The number of benzene rings is 1. The van der Waals surface area contributed by atoms with E-state index in [1.54, 1.807) is 13.3 Å². The molecule has 0 aliphatic carbocycles. The third kappa shape index (κ3) is 6.07. The number of carbonyl (C=O) groups is 1. The van der Waals surface area contributed by atoms with Gasteiger partial charge in [0.15, 0.2) is 0 Å². The molecule has 0 amide bonds. The molecule has 2 aliphatic rings. The second-order valence-electron chi connectivity index (χ2n) is 8.76. The lowest BCUT2D eigenvalue weighted by Gasteiger charge is -2.28. The first-order valence-corrected chi connectivity index (χ1v) is 11.8. The minimum Gasteiger partial charge on any atom is -0.385 e. The third-order valence-electron chi connectivity index (χ3n) is 6.48. The Morgan fingerprint density at radius 3 is 2.94 bits per heavy atom. The molecule has 0 saturated carbocycles. The van der Waals surface area contributed by atoms with Gasteiger partial charge in [-0.25, -0.2) is 0 Å². The molecule has 0 bridgehead atoms. The minimum absolute atomic E-state index is 0.0488. The van der Waals surface area contributed by atoms with E-state index in [-0.39, 0.29) is 17.8 Å². The van der Waals surface area contributed by atoms with Crippen molar-refractivity contribution in [3.05, 3.63) is 47.2 Å².